The van der Waals surface area contributed by atoms with E-state index >= 15 is 0 Å². The summed E-state index contributed by atoms with van der Waals surface area (Å²) < 4.78 is 0. The lowest BCUT2D eigenvalue weighted by Crippen LogP contribution is -2.69. The van der Waals surface area contributed by atoms with Crippen LogP contribution in [0, 0.1) is 17.3 Å². The SMILES string of the molecule is C[C@]12CC[C@@H](C[C@@H]1C(=O)O)[C@]1(C2)NC(=O)c2cc(Cl)ccc2N1. The van der Waals surface area contributed by atoms with Gasteiger partial charge in [-0.2, -0.15) is 0 Å². The second-order valence-corrected chi connectivity index (χ2v) is 7.87. The van der Waals surface area contributed by atoms with Crippen molar-refractivity contribution in [1.29, 1.82) is 0 Å². The second-order valence-electron chi connectivity index (χ2n) is 7.43. The summed E-state index contributed by atoms with van der Waals surface area (Å²) in [5, 5.41) is 16.7. The van der Waals surface area contributed by atoms with E-state index < -0.39 is 11.6 Å². The number of carboxylic acids is 1. The van der Waals surface area contributed by atoms with Gasteiger partial charge in [0.1, 0.15) is 5.66 Å². The molecule has 0 radical (unpaired) electrons. The smallest absolute Gasteiger partial charge is 0.307 e. The number of hydrogen-bond donors (Lipinski definition) is 3. The lowest BCUT2D eigenvalue weighted by Gasteiger charge is -2.60. The van der Waals surface area contributed by atoms with Crippen LogP contribution in [0.3, 0.4) is 0 Å². The number of carboxylic acid groups (broad SMARTS) is 1. The van der Waals surface area contributed by atoms with Gasteiger partial charge in [-0.1, -0.05) is 18.5 Å². The first-order valence-corrected chi connectivity index (χ1v) is 8.34. The molecule has 0 unspecified atom stereocenters. The Kier molecular flexibility index (Phi) is 2.98. The lowest BCUT2D eigenvalue weighted by atomic mass is 9.51. The zero-order valence-electron chi connectivity index (χ0n) is 12.9. The minimum Gasteiger partial charge on any atom is -0.481 e. The fourth-order valence-electron chi connectivity index (χ4n) is 4.85. The third kappa shape index (κ3) is 2.06. The van der Waals surface area contributed by atoms with E-state index in [4.69, 9.17) is 11.6 Å². The van der Waals surface area contributed by atoms with Gasteiger partial charge in [0.15, 0.2) is 0 Å². The monoisotopic (exact) mass is 334 g/mol. The number of fused-ring (bicyclic) bond motifs is 3. The van der Waals surface area contributed by atoms with Crippen LogP contribution in [0.5, 0.6) is 0 Å². The highest BCUT2D eigenvalue weighted by Gasteiger charge is 2.60. The Balaban J connectivity index is 1.73. The summed E-state index contributed by atoms with van der Waals surface area (Å²) in [5.74, 6) is -1.07. The summed E-state index contributed by atoms with van der Waals surface area (Å²) in [7, 11) is 0. The van der Waals surface area contributed by atoms with Crippen molar-refractivity contribution in [2.24, 2.45) is 17.3 Å². The molecule has 5 rings (SSSR count). The van der Waals surface area contributed by atoms with Crippen LogP contribution in [-0.2, 0) is 4.79 Å². The maximum atomic E-state index is 12.6. The van der Waals surface area contributed by atoms with E-state index in [0.29, 0.717) is 23.4 Å². The zero-order valence-corrected chi connectivity index (χ0v) is 13.6. The standard InChI is InChI=1S/C17H19ClN2O3/c1-16-5-4-9(6-12(16)15(22)23)17(8-16)19-13-3-2-10(18)7-11(13)14(21)20-17/h2-3,7,9,12,19H,4-6,8H2,1H3,(H,20,21)(H,22,23)/t9-,12+,16+,17-/m0/s1. The largest absolute Gasteiger partial charge is 0.481 e. The third-order valence-electron chi connectivity index (χ3n) is 6.02. The van der Waals surface area contributed by atoms with Crippen LogP contribution < -0.4 is 10.6 Å². The first-order valence-electron chi connectivity index (χ1n) is 7.96. The topological polar surface area (TPSA) is 78.4 Å². The minimum absolute atomic E-state index is 0.123. The summed E-state index contributed by atoms with van der Waals surface area (Å²) in [6, 6.07) is 5.26. The fourth-order valence-corrected chi connectivity index (χ4v) is 5.02. The van der Waals surface area contributed by atoms with E-state index in [1.165, 1.54) is 0 Å². The molecule has 4 atom stereocenters. The molecule has 3 aliphatic carbocycles. The van der Waals surface area contributed by atoms with Gasteiger partial charge in [0.25, 0.3) is 5.91 Å². The molecule has 1 amide bonds. The van der Waals surface area contributed by atoms with Crippen molar-refractivity contribution in [2.75, 3.05) is 5.32 Å². The van der Waals surface area contributed by atoms with Gasteiger partial charge in [-0.25, -0.2) is 0 Å². The summed E-state index contributed by atoms with van der Waals surface area (Å²) in [6.07, 6.45) is 3.05. The van der Waals surface area contributed by atoms with Crippen molar-refractivity contribution >= 4 is 29.2 Å². The average molecular weight is 335 g/mol. The number of nitrogens with one attached hydrogen (secondary N) is 2. The van der Waals surface area contributed by atoms with Gasteiger partial charge in [0, 0.05) is 16.6 Å². The Morgan fingerprint density at radius 2 is 2.17 bits per heavy atom. The van der Waals surface area contributed by atoms with E-state index in [1.54, 1.807) is 12.1 Å². The molecule has 122 valence electrons. The Bertz CT molecular complexity index is 722. The second kappa shape index (κ2) is 4.63. The molecule has 1 aliphatic heterocycles. The molecule has 4 aliphatic rings. The van der Waals surface area contributed by atoms with E-state index in [9.17, 15) is 14.7 Å². The van der Waals surface area contributed by atoms with E-state index in [0.717, 1.165) is 18.5 Å². The summed E-state index contributed by atoms with van der Waals surface area (Å²) in [6.45, 7) is 2.04. The predicted octanol–water partition coefficient (Wildman–Crippen LogP) is 3.10. The van der Waals surface area contributed by atoms with Crippen molar-refractivity contribution in [1.82, 2.24) is 5.32 Å². The number of carbonyl (C=O) groups is 2. The van der Waals surface area contributed by atoms with Crippen LogP contribution in [0.2, 0.25) is 5.02 Å². The maximum Gasteiger partial charge on any atom is 0.307 e. The molecule has 3 saturated carbocycles. The number of carbonyl (C=O) groups excluding carboxylic acids is 1. The van der Waals surface area contributed by atoms with Crippen molar-refractivity contribution in [3.8, 4) is 0 Å². The molecule has 23 heavy (non-hydrogen) atoms. The molecule has 1 heterocycles. The summed E-state index contributed by atoms with van der Waals surface area (Å²) >= 11 is 5.99. The minimum atomic E-state index is -0.721. The van der Waals surface area contributed by atoms with Crippen molar-refractivity contribution in [3.63, 3.8) is 0 Å². The Morgan fingerprint density at radius 3 is 2.87 bits per heavy atom. The number of halogens is 1. The maximum absolute atomic E-state index is 12.6. The summed E-state index contributed by atoms with van der Waals surface area (Å²) in [5.41, 5.74) is 0.479. The van der Waals surface area contributed by atoms with Gasteiger partial charge in [0.05, 0.1) is 11.5 Å². The molecule has 0 saturated heterocycles. The molecule has 0 aromatic heterocycles. The van der Waals surface area contributed by atoms with Crippen LogP contribution in [0.25, 0.3) is 0 Å². The number of amides is 1. The van der Waals surface area contributed by atoms with Gasteiger partial charge in [-0.15, -0.1) is 0 Å². The number of anilines is 1. The van der Waals surface area contributed by atoms with Crippen molar-refractivity contribution in [2.45, 2.75) is 38.3 Å². The first-order chi connectivity index (χ1) is 10.8. The van der Waals surface area contributed by atoms with Crippen molar-refractivity contribution < 1.29 is 14.7 Å². The highest BCUT2D eigenvalue weighted by molar-refractivity contribution is 6.31. The van der Waals surface area contributed by atoms with Gasteiger partial charge >= 0.3 is 5.97 Å². The fraction of sp³-hybridized carbons (Fsp3) is 0.529. The highest BCUT2D eigenvalue weighted by Crippen LogP contribution is 2.58. The molecule has 3 N–H and O–H groups in total. The van der Waals surface area contributed by atoms with E-state index in [1.807, 2.05) is 13.0 Å². The molecular formula is C17H19ClN2O3. The highest BCUT2D eigenvalue weighted by atomic mass is 35.5. The molecule has 6 heteroatoms. The number of aliphatic carboxylic acids is 1. The van der Waals surface area contributed by atoms with Gasteiger partial charge in [0.2, 0.25) is 0 Å². The number of hydrogen-bond acceptors (Lipinski definition) is 3. The Labute approximate surface area is 139 Å². The van der Waals surface area contributed by atoms with Crippen LogP contribution in [0.15, 0.2) is 18.2 Å². The average Bonchev–Trinajstić information content (AvgIpc) is 2.47. The summed E-state index contributed by atoms with van der Waals surface area (Å²) in [4.78, 5) is 24.2. The molecule has 1 aromatic rings. The Morgan fingerprint density at radius 1 is 1.39 bits per heavy atom. The molecule has 3 fully saturated rings. The molecular weight excluding hydrogens is 316 g/mol. The van der Waals surface area contributed by atoms with E-state index in [-0.39, 0.29) is 23.2 Å². The number of benzene rings is 1. The first kappa shape index (κ1) is 14.8. The van der Waals surface area contributed by atoms with Gasteiger partial charge in [-0.3, -0.25) is 9.59 Å². The lowest BCUT2D eigenvalue weighted by molar-refractivity contribution is -0.156. The quantitative estimate of drug-likeness (QED) is 0.737. The van der Waals surface area contributed by atoms with Crippen LogP contribution in [0.1, 0.15) is 43.0 Å². The molecule has 1 aromatic carbocycles. The normalized spacial score (nSPS) is 37.9. The zero-order chi connectivity index (χ0) is 16.4. The van der Waals surface area contributed by atoms with Crippen LogP contribution in [0.4, 0.5) is 5.69 Å². The molecule has 5 nitrogen and oxygen atoms in total. The third-order valence-corrected chi connectivity index (χ3v) is 6.26. The molecule has 1 spiro atoms. The molecule has 2 bridgehead atoms. The van der Waals surface area contributed by atoms with Crippen molar-refractivity contribution in [3.05, 3.63) is 28.8 Å². The van der Waals surface area contributed by atoms with Gasteiger partial charge in [-0.05, 0) is 49.3 Å². The Hall–Kier alpha value is -1.75. The predicted molar refractivity (Wildman–Crippen MR) is 86.5 cm³/mol. The van der Waals surface area contributed by atoms with Crippen LogP contribution >= 0.6 is 11.6 Å². The van der Waals surface area contributed by atoms with E-state index in [2.05, 4.69) is 10.6 Å². The number of rotatable bonds is 1. The van der Waals surface area contributed by atoms with Crippen LogP contribution in [-0.4, -0.2) is 22.6 Å². The van der Waals surface area contributed by atoms with Gasteiger partial charge < -0.3 is 15.7 Å².